The lowest BCUT2D eigenvalue weighted by molar-refractivity contribution is -0.131. The van der Waals surface area contributed by atoms with Gasteiger partial charge < -0.3 is 4.90 Å². The maximum Gasteiger partial charge on any atom is 0.236 e. The van der Waals surface area contributed by atoms with Crippen LogP contribution in [0, 0.1) is 5.82 Å². The summed E-state index contributed by atoms with van der Waals surface area (Å²) < 4.78 is 14.9. The van der Waals surface area contributed by atoms with Gasteiger partial charge in [-0.15, -0.1) is 0 Å². The molecule has 0 N–H and O–H groups in total. The van der Waals surface area contributed by atoms with Crippen molar-refractivity contribution >= 4 is 28.7 Å². The Morgan fingerprint density at radius 3 is 2.68 bits per heavy atom. The molecule has 0 spiro atoms. The van der Waals surface area contributed by atoms with Gasteiger partial charge in [-0.05, 0) is 48.7 Å². The highest BCUT2D eigenvalue weighted by Gasteiger charge is 2.26. The van der Waals surface area contributed by atoms with Gasteiger partial charge >= 0.3 is 0 Å². The fourth-order valence-electron chi connectivity index (χ4n) is 3.85. The summed E-state index contributed by atoms with van der Waals surface area (Å²) in [5.74, 6) is -0.212. The van der Waals surface area contributed by atoms with Crippen molar-refractivity contribution in [3.8, 4) is 5.69 Å². The monoisotopic (exact) mass is 433 g/mol. The molecule has 6 nitrogen and oxygen atoms in total. The fraction of sp³-hybridized carbons (Fsp3) is 0.217. The van der Waals surface area contributed by atoms with E-state index in [1.807, 2.05) is 24.0 Å². The number of aromatic nitrogens is 4. The molecule has 4 aromatic rings. The van der Waals surface area contributed by atoms with Gasteiger partial charge in [-0.25, -0.2) is 19.0 Å². The van der Waals surface area contributed by atoms with Crippen LogP contribution in [0.3, 0.4) is 0 Å². The first-order valence-corrected chi connectivity index (χ1v) is 10.9. The lowest BCUT2D eigenvalue weighted by atomic mass is 10.00. The summed E-state index contributed by atoms with van der Waals surface area (Å²) in [5.41, 5.74) is 3.86. The Kier molecular flexibility index (Phi) is 5.15. The van der Waals surface area contributed by atoms with E-state index < -0.39 is 0 Å². The maximum absolute atomic E-state index is 13.3. The smallest absolute Gasteiger partial charge is 0.236 e. The van der Waals surface area contributed by atoms with Gasteiger partial charge in [0.15, 0.2) is 5.65 Å². The minimum absolute atomic E-state index is 0.0946. The summed E-state index contributed by atoms with van der Waals surface area (Å²) in [5, 5.41) is 5.58. The number of benzene rings is 2. The van der Waals surface area contributed by atoms with Gasteiger partial charge in [0.05, 0.1) is 22.5 Å². The van der Waals surface area contributed by atoms with Gasteiger partial charge in [-0.3, -0.25) is 4.79 Å². The van der Waals surface area contributed by atoms with Crippen LogP contribution in [0.4, 0.5) is 4.39 Å². The van der Waals surface area contributed by atoms with E-state index in [4.69, 9.17) is 0 Å². The quantitative estimate of drug-likeness (QED) is 0.359. The van der Waals surface area contributed by atoms with Crippen LogP contribution in [-0.2, 0) is 17.8 Å². The molecule has 0 bridgehead atoms. The standard InChI is InChI=1S/C23H20FN5OS/c1-15(23(30)28-11-10-16-4-2-3-5-17(16)13-28)31-22-20-12-27-29(21(20)25-14-26-22)19-8-6-18(24)7-9-19/h2-9,12,14-15H,10-11,13H2,1H3/t15-/m1/s1. The molecule has 0 saturated heterocycles. The number of carbonyl (C=O) groups excluding carboxylic acids is 1. The number of fused-ring (bicyclic) bond motifs is 2. The molecule has 2 aromatic heterocycles. The number of carbonyl (C=O) groups is 1. The third-order valence-electron chi connectivity index (χ3n) is 5.48. The highest BCUT2D eigenvalue weighted by molar-refractivity contribution is 8.00. The van der Waals surface area contributed by atoms with E-state index in [2.05, 4.69) is 27.2 Å². The van der Waals surface area contributed by atoms with Gasteiger partial charge in [0.1, 0.15) is 17.2 Å². The predicted molar refractivity (Wildman–Crippen MR) is 118 cm³/mol. The Morgan fingerprint density at radius 2 is 1.87 bits per heavy atom. The molecular weight excluding hydrogens is 413 g/mol. The molecule has 0 unspecified atom stereocenters. The lowest BCUT2D eigenvalue weighted by Gasteiger charge is -2.30. The third kappa shape index (κ3) is 3.79. The molecule has 1 amide bonds. The van der Waals surface area contributed by atoms with Crippen molar-refractivity contribution in [1.82, 2.24) is 24.6 Å². The SMILES string of the molecule is C[C@@H](Sc1ncnc2c1cnn2-c1ccc(F)cc1)C(=O)N1CCc2ccccc2C1. The van der Waals surface area contributed by atoms with Gasteiger partial charge in [0.25, 0.3) is 0 Å². The van der Waals surface area contributed by atoms with Crippen molar-refractivity contribution in [2.24, 2.45) is 0 Å². The lowest BCUT2D eigenvalue weighted by Crippen LogP contribution is -2.40. The summed E-state index contributed by atoms with van der Waals surface area (Å²) in [6.07, 6.45) is 4.04. The number of nitrogens with zero attached hydrogens (tertiary/aromatic N) is 5. The van der Waals surface area contributed by atoms with E-state index in [1.54, 1.807) is 23.0 Å². The van der Waals surface area contributed by atoms with E-state index in [9.17, 15) is 9.18 Å². The maximum atomic E-state index is 13.3. The Labute approximate surface area is 183 Å². The van der Waals surface area contributed by atoms with Gasteiger partial charge in [-0.2, -0.15) is 5.10 Å². The number of thioether (sulfide) groups is 1. The molecule has 1 atom stereocenters. The van der Waals surface area contributed by atoms with E-state index in [0.717, 1.165) is 18.4 Å². The largest absolute Gasteiger partial charge is 0.337 e. The summed E-state index contributed by atoms with van der Waals surface area (Å²) in [6, 6.07) is 14.3. The molecule has 31 heavy (non-hydrogen) atoms. The van der Waals surface area contributed by atoms with Gasteiger partial charge in [0.2, 0.25) is 5.91 Å². The minimum Gasteiger partial charge on any atom is -0.337 e. The summed E-state index contributed by atoms with van der Waals surface area (Å²) in [6.45, 7) is 3.27. The molecule has 1 aliphatic rings. The molecule has 3 heterocycles. The second-order valence-electron chi connectivity index (χ2n) is 7.49. The zero-order valence-corrected chi connectivity index (χ0v) is 17.7. The van der Waals surface area contributed by atoms with Crippen LogP contribution in [0.2, 0.25) is 0 Å². The zero-order chi connectivity index (χ0) is 21.4. The van der Waals surface area contributed by atoms with Crippen LogP contribution >= 0.6 is 11.8 Å². The number of rotatable bonds is 4. The van der Waals surface area contributed by atoms with E-state index in [1.165, 1.54) is 41.3 Å². The minimum atomic E-state index is -0.307. The zero-order valence-electron chi connectivity index (χ0n) is 16.9. The summed E-state index contributed by atoms with van der Waals surface area (Å²) in [4.78, 5) is 23.8. The average molecular weight is 434 g/mol. The summed E-state index contributed by atoms with van der Waals surface area (Å²) >= 11 is 1.41. The Bertz CT molecular complexity index is 1260. The molecule has 5 rings (SSSR count). The fourth-order valence-corrected chi connectivity index (χ4v) is 4.81. The molecule has 0 aliphatic carbocycles. The van der Waals surface area contributed by atoms with Gasteiger partial charge in [0, 0.05) is 13.1 Å². The van der Waals surface area contributed by atoms with Crippen molar-refractivity contribution in [3.63, 3.8) is 0 Å². The number of hydrogen-bond donors (Lipinski definition) is 0. The first-order chi connectivity index (χ1) is 15.1. The molecule has 156 valence electrons. The molecule has 1 aliphatic heterocycles. The van der Waals surface area contributed by atoms with Crippen LogP contribution in [0.25, 0.3) is 16.7 Å². The van der Waals surface area contributed by atoms with E-state index in [-0.39, 0.29) is 17.0 Å². The van der Waals surface area contributed by atoms with Crippen LogP contribution in [-0.4, -0.2) is 42.4 Å². The molecule has 0 radical (unpaired) electrons. The molecule has 2 aromatic carbocycles. The van der Waals surface area contributed by atoms with Crippen molar-refractivity contribution in [3.05, 3.63) is 78.0 Å². The second-order valence-corrected chi connectivity index (χ2v) is 8.82. The van der Waals surface area contributed by atoms with Crippen LogP contribution in [0.5, 0.6) is 0 Å². The summed E-state index contributed by atoms with van der Waals surface area (Å²) in [7, 11) is 0. The van der Waals surface area contributed by atoms with Crippen molar-refractivity contribution < 1.29 is 9.18 Å². The highest BCUT2D eigenvalue weighted by Crippen LogP contribution is 2.30. The molecule has 0 fully saturated rings. The van der Waals surface area contributed by atoms with Crippen LogP contribution < -0.4 is 0 Å². The van der Waals surface area contributed by atoms with Crippen molar-refractivity contribution in [2.75, 3.05) is 6.54 Å². The average Bonchev–Trinajstić information content (AvgIpc) is 3.24. The number of amides is 1. The van der Waals surface area contributed by atoms with Crippen molar-refractivity contribution in [2.45, 2.75) is 30.2 Å². The van der Waals surface area contributed by atoms with E-state index >= 15 is 0 Å². The van der Waals surface area contributed by atoms with E-state index in [0.29, 0.717) is 22.9 Å². The highest BCUT2D eigenvalue weighted by atomic mass is 32.2. The normalized spacial score (nSPS) is 14.5. The molecule has 8 heteroatoms. The van der Waals surface area contributed by atoms with Crippen LogP contribution in [0.1, 0.15) is 18.1 Å². The molecular formula is C23H20FN5OS. The predicted octanol–water partition coefficient (Wildman–Crippen LogP) is 4.02. The van der Waals surface area contributed by atoms with Crippen molar-refractivity contribution in [1.29, 1.82) is 0 Å². The topological polar surface area (TPSA) is 63.9 Å². The first-order valence-electron chi connectivity index (χ1n) is 10.1. The molecule has 0 saturated carbocycles. The Balaban J connectivity index is 1.37. The Hall–Kier alpha value is -3.26. The second kappa shape index (κ2) is 8.11. The Morgan fingerprint density at radius 1 is 1.10 bits per heavy atom. The van der Waals surface area contributed by atoms with Gasteiger partial charge in [-0.1, -0.05) is 36.0 Å². The first kappa shape index (κ1) is 19.7. The van der Waals surface area contributed by atoms with Crippen LogP contribution in [0.15, 0.2) is 66.1 Å². The third-order valence-corrected chi connectivity index (χ3v) is 6.58. The number of hydrogen-bond acceptors (Lipinski definition) is 5. The number of halogens is 1.